The SMILES string of the molecule is Cc1cc(C(=O)CSc2nnc([C@H](C)N(C)C)n2-c2ccc(F)cc2)c(C)n1CC(F)(F)F. The van der Waals surface area contributed by atoms with Gasteiger partial charge in [-0.25, -0.2) is 4.39 Å². The first-order chi connectivity index (χ1) is 15.4. The maximum atomic E-state index is 13.5. The van der Waals surface area contributed by atoms with E-state index in [1.807, 2.05) is 25.9 Å². The third kappa shape index (κ3) is 5.64. The highest BCUT2D eigenvalue weighted by Crippen LogP contribution is 2.29. The van der Waals surface area contributed by atoms with Crippen molar-refractivity contribution in [1.29, 1.82) is 0 Å². The molecule has 3 rings (SSSR count). The van der Waals surface area contributed by atoms with Gasteiger partial charge in [0.1, 0.15) is 12.4 Å². The molecular weight excluding hydrogens is 458 g/mol. The van der Waals surface area contributed by atoms with Crippen LogP contribution in [-0.4, -0.2) is 56.0 Å². The van der Waals surface area contributed by atoms with Crippen molar-refractivity contribution in [2.24, 2.45) is 0 Å². The highest BCUT2D eigenvalue weighted by Gasteiger charge is 2.30. The summed E-state index contributed by atoms with van der Waals surface area (Å²) in [6, 6.07) is 7.22. The minimum absolute atomic E-state index is 0.0357. The summed E-state index contributed by atoms with van der Waals surface area (Å²) in [6.07, 6.45) is -4.38. The van der Waals surface area contributed by atoms with Crippen molar-refractivity contribution in [1.82, 2.24) is 24.2 Å². The molecule has 33 heavy (non-hydrogen) atoms. The molecule has 178 valence electrons. The van der Waals surface area contributed by atoms with Crippen LogP contribution < -0.4 is 0 Å². The van der Waals surface area contributed by atoms with Gasteiger partial charge in [-0.15, -0.1) is 10.2 Å². The van der Waals surface area contributed by atoms with Crippen molar-refractivity contribution in [3.8, 4) is 5.69 Å². The van der Waals surface area contributed by atoms with E-state index in [4.69, 9.17) is 0 Å². The molecule has 0 saturated carbocycles. The summed E-state index contributed by atoms with van der Waals surface area (Å²) < 4.78 is 55.0. The van der Waals surface area contributed by atoms with Gasteiger partial charge in [0.05, 0.1) is 11.8 Å². The van der Waals surface area contributed by atoms with Gasteiger partial charge in [0.25, 0.3) is 0 Å². The van der Waals surface area contributed by atoms with Crippen LogP contribution in [0.4, 0.5) is 17.6 Å². The molecule has 1 atom stereocenters. The largest absolute Gasteiger partial charge is 0.406 e. The maximum absolute atomic E-state index is 13.5. The molecule has 0 bridgehead atoms. The number of thioether (sulfide) groups is 1. The summed E-state index contributed by atoms with van der Waals surface area (Å²) >= 11 is 1.13. The fourth-order valence-corrected chi connectivity index (χ4v) is 4.27. The van der Waals surface area contributed by atoms with Crippen LogP contribution >= 0.6 is 11.8 Å². The zero-order valence-corrected chi connectivity index (χ0v) is 19.8. The average Bonchev–Trinajstić information content (AvgIpc) is 3.27. The molecular formula is C22H25F4N5OS. The molecule has 11 heteroatoms. The number of aryl methyl sites for hydroxylation is 1. The molecule has 1 aromatic carbocycles. The lowest BCUT2D eigenvalue weighted by molar-refractivity contribution is -0.141. The number of hydrogen-bond donors (Lipinski definition) is 0. The second-order valence-electron chi connectivity index (χ2n) is 7.99. The summed E-state index contributed by atoms with van der Waals surface area (Å²) in [7, 11) is 3.78. The van der Waals surface area contributed by atoms with E-state index >= 15 is 0 Å². The zero-order chi connectivity index (χ0) is 24.5. The highest BCUT2D eigenvalue weighted by atomic mass is 32.2. The van der Waals surface area contributed by atoms with E-state index in [1.54, 1.807) is 23.6 Å². The molecule has 0 fully saturated rings. The number of rotatable bonds is 8. The monoisotopic (exact) mass is 483 g/mol. The molecule has 0 radical (unpaired) electrons. The smallest absolute Gasteiger partial charge is 0.339 e. The Morgan fingerprint density at radius 2 is 1.79 bits per heavy atom. The topological polar surface area (TPSA) is 56.0 Å². The lowest BCUT2D eigenvalue weighted by Crippen LogP contribution is -2.20. The number of nitrogens with zero attached hydrogens (tertiary/aromatic N) is 5. The lowest BCUT2D eigenvalue weighted by atomic mass is 10.2. The first kappa shape index (κ1) is 25.0. The zero-order valence-electron chi connectivity index (χ0n) is 18.9. The average molecular weight is 484 g/mol. The summed E-state index contributed by atoms with van der Waals surface area (Å²) in [6.45, 7) is 3.85. The molecule has 0 saturated heterocycles. The van der Waals surface area contributed by atoms with Crippen LogP contribution in [0.15, 0.2) is 35.5 Å². The molecule has 0 aliphatic rings. The van der Waals surface area contributed by atoms with Gasteiger partial charge in [0.2, 0.25) is 0 Å². The van der Waals surface area contributed by atoms with Crippen LogP contribution in [0.2, 0.25) is 0 Å². The second-order valence-corrected chi connectivity index (χ2v) is 8.93. The van der Waals surface area contributed by atoms with Crippen LogP contribution in [0.3, 0.4) is 0 Å². The summed E-state index contributed by atoms with van der Waals surface area (Å²) in [5.74, 6) is -0.110. The number of halogens is 4. The Bertz CT molecular complexity index is 1140. The second kappa shape index (κ2) is 9.68. The number of ketones is 1. The van der Waals surface area contributed by atoms with E-state index in [9.17, 15) is 22.4 Å². The Hall–Kier alpha value is -2.66. The minimum Gasteiger partial charge on any atom is -0.339 e. The number of alkyl halides is 3. The Morgan fingerprint density at radius 3 is 2.36 bits per heavy atom. The van der Waals surface area contributed by atoms with Crippen LogP contribution in [-0.2, 0) is 6.54 Å². The number of carbonyl (C=O) groups excluding carboxylic acids is 1. The van der Waals surface area contributed by atoms with Gasteiger partial charge in [0.15, 0.2) is 16.8 Å². The van der Waals surface area contributed by atoms with Gasteiger partial charge in [0, 0.05) is 22.6 Å². The fourth-order valence-electron chi connectivity index (χ4n) is 3.42. The van der Waals surface area contributed by atoms with Crippen LogP contribution in [0.5, 0.6) is 0 Å². The number of benzene rings is 1. The number of Topliss-reactive ketones (excluding diaryl/α,β-unsaturated/α-hetero) is 1. The number of aromatic nitrogens is 4. The quantitative estimate of drug-likeness (QED) is 0.257. The predicted molar refractivity (Wildman–Crippen MR) is 118 cm³/mol. The molecule has 0 amide bonds. The normalized spacial score (nSPS) is 13.0. The van der Waals surface area contributed by atoms with Crippen LogP contribution in [0.1, 0.15) is 40.5 Å². The van der Waals surface area contributed by atoms with E-state index in [1.165, 1.54) is 25.1 Å². The molecule has 0 N–H and O–H groups in total. The molecule has 2 aromatic heterocycles. The molecule has 0 aliphatic heterocycles. The van der Waals surface area contributed by atoms with Crippen molar-refractivity contribution in [2.45, 2.75) is 44.7 Å². The van der Waals surface area contributed by atoms with Gasteiger partial charge >= 0.3 is 6.18 Å². The van der Waals surface area contributed by atoms with E-state index < -0.39 is 12.7 Å². The minimum atomic E-state index is -4.38. The van der Waals surface area contributed by atoms with Gasteiger partial charge in [-0.05, 0) is 65.2 Å². The Morgan fingerprint density at radius 1 is 1.15 bits per heavy atom. The molecule has 0 unspecified atom stereocenters. The Labute approximate surface area is 193 Å². The van der Waals surface area contributed by atoms with Crippen molar-refractivity contribution in [3.63, 3.8) is 0 Å². The summed E-state index contributed by atoms with van der Waals surface area (Å²) in [5.41, 5.74) is 1.54. The molecule has 2 heterocycles. The highest BCUT2D eigenvalue weighted by molar-refractivity contribution is 7.99. The van der Waals surface area contributed by atoms with E-state index in [0.717, 1.165) is 16.3 Å². The maximum Gasteiger partial charge on any atom is 0.406 e. The van der Waals surface area contributed by atoms with Crippen LogP contribution in [0, 0.1) is 19.7 Å². The van der Waals surface area contributed by atoms with Crippen molar-refractivity contribution in [3.05, 3.63) is 58.9 Å². The van der Waals surface area contributed by atoms with E-state index in [2.05, 4.69) is 10.2 Å². The van der Waals surface area contributed by atoms with Crippen molar-refractivity contribution >= 4 is 17.5 Å². The summed E-state index contributed by atoms with van der Waals surface area (Å²) in [4.78, 5) is 14.8. The van der Waals surface area contributed by atoms with Crippen molar-refractivity contribution in [2.75, 3.05) is 19.8 Å². The van der Waals surface area contributed by atoms with E-state index in [-0.39, 0.29) is 34.7 Å². The predicted octanol–water partition coefficient (Wildman–Crippen LogP) is 4.98. The molecule has 6 nitrogen and oxygen atoms in total. The van der Waals surface area contributed by atoms with Gasteiger partial charge in [-0.1, -0.05) is 11.8 Å². The van der Waals surface area contributed by atoms with Crippen LogP contribution in [0.25, 0.3) is 5.69 Å². The van der Waals surface area contributed by atoms with Gasteiger partial charge < -0.3 is 4.57 Å². The number of hydrogen-bond acceptors (Lipinski definition) is 5. The van der Waals surface area contributed by atoms with Crippen molar-refractivity contribution < 1.29 is 22.4 Å². The first-order valence-corrected chi connectivity index (χ1v) is 11.1. The molecule has 3 aromatic rings. The summed E-state index contributed by atoms with van der Waals surface area (Å²) in [5, 5.41) is 8.94. The molecule has 0 aliphatic carbocycles. The first-order valence-electron chi connectivity index (χ1n) is 10.2. The Kier molecular flexibility index (Phi) is 7.32. The third-order valence-corrected chi connectivity index (χ3v) is 6.36. The third-order valence-electron chi connectivity index (χ3n) is 5.44. The lowest BCUT2D eigenvalue weighted by Gasteiger charge is -2.20. The fraction of sp³-hybridized carbons (Fsp3) is 0.409. The number of carbonyl (C=O) groups is 1. The molecule has 0 spiro atoms. The van der Waals surface area contributed by atoms with Gasteiger partial charge in [-0.2, -0.15) is 13.2 Å². The van der Waals surface area contributed by atoms with E-state index in [0.29, 0.717) is 22.4 Å². The van der Waals surface area contributed by atoms with Gasteiger partial charge in [-0.3, -0.25) is 14.3 Å². The Balaban J connectivity index is 1.88. The standard InChI is InChI=1S/C22H25F4N5OS/c1-13-10-18(14(2)30(13)12-22(24,25)26)19(32)11-33-21-28-27-20(15(3)29(4)5)31(21)17-8-6-16(23)7-9-17/h6-10,15H,11-12H2,1-5H3/t15-/m0/s1.